The topological polar surface area (TPSA) is 57.5 Å². The lowest BCUT2D eigenvalue weighted by atomic mass is 10.0. The van der Waals surface area contributed by atoms with Gasteiger partial charge in [-0.1, -0.05) is 18.2 Å². The van der Waals surface area contributed by atoms with Crippen molar-refractivity contribution < 1.29 is 15.0 Å². The largest absolute Gasteiger partial charge is 0.481 e. The molecule has 0 aliphatic carbocycles. The second kappa shape index (κ2) is 4.05. The number of aliphatic hydroxyl groups is 1. The van der Waals surface area contributed by atoms with Crippen LogP contribution in [0.4, 0.5) is 0 Å². The van der Waals surface area contributed by atoms with Gasteiger partial charge in [0.15, 0.2) is 0 Å². The molecule has 2 N–H and O–H groups in total. The number of rotatable bonds is 3. The third kappa shape index (κ3) is 2.56. The van der Waals surface area contributed by atoms with E-state index in [1.54, 1.807) is 18.2 Å². The van der Waals surface area contributed by atoms with Crippen LogP contribution in [0.1, 0.15) is 16.7 Å². The SMILES string of the molecule is Cc1cc(CC(=O)O)ccc1CO. The number of carbonyl (C=O) groups is 1. The second-order valence-electron chi connectivity index (χ2n) is 2.99. The van der Waals surface area contributed by atoms with Gasteiger partial charge in [0, 0.05) is 0 Å². The number of hydrogen-bond acceptors (Lipinski definition) is 2. The summed E-state index contributed by atoms with van der Waals surface area (Å²) in [6, 6.07) is 5.28. The molecule has 0 atom stereocenters. The molecule has 1 rings (SSSR count). The Labute approximate surface area is 76.6 Å². The molecule has 0 spiro atoms. The van der Waals surface area contributed by atoms with Crippen LogP contribution in [-0.4, -0.2) is 16.2 Å². The van der Waals surface area contributed by atoms with Gasteiger partial charge in [-0.3, -0.25) is 4.79 Å². The predicted molar refractivity (Wildman–Crippen MR) is 48.4 cm³/mol. The first-order valence-electron chi connectivity index (χ1n) is 4.04. The molecule has 3 nitrogen and oxygen atoms in total. The van der Waals surface area contributed by atoms with E-state index >= 15 is 0 Å². The maximum atomic E-state index is 10.4. The van der Waals surface area contributed by atoms with Crippen LogP contribution in [0.5, 0.6) is 0 Å². The standard InChI is InChI=1S/C10H12O3/c1-7-4-8(5-10(12)13)2-3-9(7)6-11/h2-4,11H,5-6H2,1H3,(H,12,13). The summed E-state index contributed by atoms with van der Waals surface area (Å²) in [7, 11) is 0. The van der Waals surface area contributed by atoms with Crippen molar-refractivity contribution in [1.82, 2.24) is 0 Å². The van der Waals surface area contributed by atoms with Crippen LogP contribution in [0.15, 0.2) is 18.2 Å². The molecule has 1 aromatic carbocycles. The zero-order chi connectivity index (χ0) is 9.84. The maximum absolute atomic E-state index is 10.4. The molecular formula is C10H12O3. The Morgan fingerprint density at radius 1 is 1.46 bits per heavy atom. The number of benzene rings is 1. The third-order valence-electron chi connectivity index (χ3n) is 1.93. The van der Waals surface area contributed by atoms with Gasteiger partial charge < -0.3 is 10.2 Å². The van der Waals surface area contributed by atoms with E-state index in [1.165, 1.54) is 0 Å². The van der Waals surface area contributed by atoms with Crippen molar-refractivity contribution in [3.8, 4) is 0 Å². The van der Waals surface area contributed by atoms with Crippen LogP contribution in [0, 0.1) is 6.92 Å². The van der Waals surface area contributed by atoms with Crippen LogP contribution in [-0.2, 0) is 17.8 Å². The predicted octanol–water partition coefficient (Wildman–Crippen LogP) is 1.11. The Morgan fingerprint density at radius 3 is 2.62 bits per heavy atom. The molecule has 1 aromatic rings. The smallest absolute Gasteiger partial charge is 0.307 e. The normalized spacial score (nSPS) is 10.0. The zero-order valence-corrected chi connectivity index (χ0v) is 7.45. The summed E-state index contributed by atoms with van der Waals surface area (Å²) in [6.07, 6.45) is 0.0343. The van der Waals surface area contributed by atoms with Gasteiger partial charge in [-0.25, -0.2) is 0 Å². The van der Waals surface area contributed by atoms with E-state index in [2.05, 4.69) is 0 Å². The summed E-state index contributed by atoms with van der Waals surface area (Å²) in [6.45, 7) is 1.86. The molecule has 0 heterocycles. The summed E-state index contributed by atoms with van der Waals surface area (Å²) < 4.78 is 0. The fourth-order valence-electron chi connectivity index (χ4n) is 1.22. The monoisotopic (exact) mass is 180 g/mol. The Balaban J connectivity index is 2.89. The number of aliphatic hydroxyl groups excluding tert-OH is 1. The van der Waals surface area contributed by atoms with Crippen LogP contribution < -0.4 is 0 Å². The number of hydrogen-bond donors (Lipinski definition) is 2. The maximum Gasteiger partial charge on any atom is 0.307 e. The van der Waals surface area contributed by atoms with Crippen LogP contribution in [0.25, 0.3) is 0 Å². The van der Waals surface area contributed by atoms with E-state index in [4.69, 9.17) is 10.2 Å². The number of carboxylic acids is 1. The summed E-state index contributed by atoms with van der Waals surface area (Å²) in [5.74, 6) is -0.837. The van der Waals surface area contributed by atoms with Gasteiger partial charge in [-0.05, 0) is 23.6 Å². The lowest BCUT2D eigenvalue weighted by molar-refractivity contribution is -0.136. The highest BCUT2D eigenvalue weighted by Crippen LogP contribution is 2.11. The first-order chi connectivity index (χ1) is 6.13. The van der Waals surface area contributed by atoms with Gasteiger partial charge in [-0.2, -0.15) is 0 Å². The molecule has 13 heavy (non-hydrogen) atoms. The van der Waals surface area contributed by atoms with E-state index in [0.717, 1.165) is 16.7 Å². The van der Waals surface area contributed by atoms with Crippen molar-refractivity contribution >= 4 is 5.97 Å². The molecule has 0 radical (unpaired) electrons. The van der Waals surface area contributed by atoms with Crippen molar-refractivity contribution in [2.24, 2.45) is 0 Å². The average Bonchev–Trinajstić information content (AvgIpc) is 2.03. The highest BCUT2D eigenvalue weighted by Gasteiger charge is 2.02. The van der Waals surface area contributed by atoms with E-state index in [9.17, 15) is 4.79 Å². The van der Waals surface area contributed by atoms with Crippen molar-refractivity contribution in [2.75, 3.05) is 0 Å². The fourth-order valence-corrected chi connectivity index (χ4v) is 1.22. The fraction of sp³-hybridized carbons (Fsp3) is 0.300. The Bertz CT molecular complexity index is 318. The molecule has 0 aliphatic rings. The number of aryl methyl sites for hydroxylation is 1. The van der Waals surface area contributed by atoms with Gasteiger partial charge in [0.25, 0.3) is 0 Å². The molecule has 0 saturated carbocycles. The summed E-state index contributed by atoms with van der Waals surface area (Å²) in [5, 5.41) is 17.4. The molecule has 0 bridgehead atoms. The van der Waals surface area contributed by atoms with Crippen LogP contribution in [0.2, 0.25) is 0 Å². The summed E-state index contributed by atoms with van der Waals surface area (Å²) in [5.41, 5.74) is 2.54. The summed E-state index contributed by atoms with van der Waals surface area (Å²) >= 11 is 0. The van der Waals surface area contributed by atoms with Crippen molar-refractivity contribution in [2.45, 2.75) is 20.0 Å². The van der Waals surface area contributed by atoms with E-state index in [-0.39, 0.29) is 13.0 Å². The molecular weight excluding hydrogens is 168 g/mol. The minimum absolute atomic E-state index is 0.000809. The number of carboxylic acid groups (broad SMARTS) is 1. The van der Waals surface area contributed by atoms with E-state index in [1.807, 2.05) is 6.92 Å². The van der Waals surface area contributed by atoms with Gasteiger partial charge in [0.05, 0.1) is 13.0 Å². The van der Waals surface area contributed by atoms with Crippen molar-refractivity contribution in [3.05, 3.63) is 34.9 Å². The number of aliphatic carboxylic acids is 1. The van der Waals surface area contributed by atoms with Crippen molar-refractivity contribution in [3.63, 3.8) is 0 Å². The van der Waals surface area contributed by atoms with E-state index in [0.29, 0.717) is 0 Å². The molecule has 0 unspecified atom stereocenters. The highest BCUT2D eigenvalue weighted by molar-refractivity contribution is 5.70. The lowest BCUT2D eigenvalue weighted by Gasteiger charge is -2.04. The first kappa shape index (κ1) is 9.74. The van der Waals surface area contributed by atoms with Gasteiger partial charge in [-0.15, -0.1) is 0 Å². The van der Waals surface area contributed by atoms with Gasteiger partial charge >= 0.3 is 5.97 Å². The minimum atomic E-state index is -0.837. The van der Waals surface area contributed by atoms with Crippen molar-refractivity contribution in [1.29, 1.82) is 0 Å². The molecule has 0 saturated heterocycles. The van der Waals surface area contributed by atoms with E-state index < -0.39 is 5.97 Å². The average molecular weight is 180 g/mol. The molecule has 0 amide bonds. The zero-order valence-electron chi connectivity index (χ0n) is 7.45. The Kier molecular flexibility index (Phi) is 3.03. The van der Waals surface area contributed by atoms with Crippen LogP contribution >= 0.6 is 0 Å². The summed E-state index contributed by atoms with van der Waals surface area (Å²) in [4.78, 5) is 10.4. The first-order valence-corrected chi connectivity index (χ1v) is 4.04. The third-order valence-corrected chi connectivity index (χ3v) is 1.93. The van der Waals surface area contributed by atoms with Gasteiger partial charge in [0.1, 0.15) is 0 Å². The van der Waals surface area contributed by atoms with Gasteiger partial charge in [0.2, 0.25) is 0 Å². The molecule has 0 aliphatic heterocycles. The molecule has 0 fully saturated rings. The van der Waals surface area contributed by atoms with Crippen LogP contribution in [0.3, 0.4) is 0 Å². The highest BCUT2D eigenvalue weighted by atomic mass is 16.4. The Hall–Kier alpha value is -1.35. The Morgan fingerprint density at radius 2 is 2.15 bits per heavy atom. The molecule has 0 aromatic heterocycles. The minimum Gasteiger partial charge on any atom is -0.481 e. The molecule has 70 valence electrons. The lowest BCUT2D eigenvalue weighted by Crippen LogP contribution is -2.01. The molecule has 3 heteroatoms. The quantitative estimate of drug-likeness (QED) is 0.732. The second-order valence-corrected chi connectivity index (χ2v) is 2.99.